The van der Waals surface area contributed by atoms with Crippen LogP contribution in [0.3, 0.4) is 0 Å². The third kappa shape index (κ3) is 4.16. The normalized spacial score (nSPS) is 18.3. The van der Waals surface area contributed by atoms with E-state index < -0.39 is 6.10 Å². The minimum atomic E-state index is -0.668. The standard InChI is InChI=1S/C14H20FNO3/c1-11(17)13-3-2-12(15)10-14(13)19-9-6-16-4-7-18-8-5-16/h2-3,10-11,17H,4-9H2,1H3/t11-/m0/s1. The average Bonchev–Trinajstić information content (AvgIpc) is 2.39. The molecule has 0 unspecified atom stereocenters. The zero-order valence-corrected chi connectivity index (χ0v) is 11.1. The van der Waals surface area contributed by atoms with E-state index in [1.807, 2.05) is 0 Å². The van der Waals surface area contributed by atoms with Crippen molar-refractivity contribution in [1.82, 2.24) is 4.90 Å². The Labute approximate surface area is 112 Å². The van der Waals surface area contributed by atoms with E-state index in [0.717, 1.165) is 32.8 Å². The van der Waals surface area contributed by atoms with Crippen molar-refractivity contribution in [3.05, 3.63) is 29.6 Å². The van der Waals surface area contributed by atoms with Gasteiger partial charge >= 0.3 is 0 Å². The maximum atomic E-state index is 13.2. The molecule has 1 aliphatic heterocycles. The molecule has 1 N–H and O–H groups in total. The molecule has 1 heterocycles. The van der Waals surface area contributed by atoms with Gasteiger partial charge in [0, 0.05) is 31.3 Å². The largest absolute Gasteiger partial charge is 0.492 e. The Morgan fingerprint density at radius 1 is 1.42 bits per heavy atom. The van der Waals surface area contributed by atoms with Crippen molar-refractivity contribution < 1.29 is 19.0 Å². The van der Waals surface area contributed by atoms with E-state index in [1.165, 1.54) is 12.1 Å². The smallest absolute Gasteiger partial charge is 0.128 e. The van der Waals surface area contributed by atoms with E-state index >= 15 is 0 Å². The Balaban J connectivity index is 1.89. The molecular formula is C14H20FNO3. The molecule has 1 aromatic carbocycles. The Morgan fingerprint density at radius 3 is 2.84 bits per heavy atom. The molecule has 0 radical (unpaired) electrons. The minimum Gasteiger partial charge on any atom is -0.492 e. The van der Waals surface area contributed by atoms with Gasteiger partial charge in [-0.2, -0.15) is 0 Å². The van der Waals surface area contributed by atoms with E-state index in [4.69, 9.17) is 9.47 Å². The predicted molar refractivity (Wildman–Crippen MR) is 69.8 cm³/mol. The van der Waals surface area contributed by atoms with Crippen LogP contribution in [0.2, 0.25) is 0 Å². The van der Waals surface area contributed by atoms with Gasteiger partial charge in [0.25, 0.3) is 0 Å². The fraction of sp³-hybridized carbons (Fsp3) is 0.571. The van der Waals surface area contributed by atoms with Crippen molar-refractivity contribution in [2.45, 2.75) is 13.0 Å². The van der Waals surface area contributed by atoms with Gasteiger partial charge in [0.05, 0.1) is 19.3 Å². The van der Waals surface area contributed by atoms with E-state index in [0.29, 0.717) is 17.9 Å². The molecule has 19 heavy (non-hydrogen) atoms. The molecule has 0 bridgehead atoms. The second-order valence-corrected chi connectivity index (χ2v) is 4.66. The van der Waals surface area contributed by atoms with Gasteiger partial charge in [-0.25, -0.2) is 4.39 Å². The lowest BCUT2D eigenvalue weighted by Gasteiger charge is -2.26. The van der Waals surface area contributed by atoms with Gasteiger partial charge in [-0.15, -0.1) is 0 Å². The molecule has 1 aromatic rings. The van der Waals surface area contributed by atoms with Crippen LogP contribution in [-0.4, -0.2) is 49.5 Å². The highest BCUT2D eigenvalue weighted by Gasteiger charge is 2.13. The van der Waals surface area contributed by atoms with Gasteiger partial charge in [0.2, 0.25) is 0 Å². The second kappa shape index (κ2) is 6.84. The molecule has 0 aromatic heterocycles. The van der Waals surface area contributed by atoms with Gasteiger partial charge in [0.1, 0.15) is 18.2 Å². The molecule has 1 saturated heterocycles. The summed E-state index contributed by atoms with van der Waals surface area (Å²) in [6, 6.07) is 4.21. The first-order chi connectivity index (χ1) is 9.16. The van der Waals surface area contributed by atoms with Crippen LogP contribution in [0.5, 0.6) is 5.75 Å². The summed E-state index contributed by atoms with van der Waals surface area (Å²) in [6.45, 7) is 6.19. The summed E-state index contributed by atoms with van der Waals surface area (Å²) < 4.78 is 24.1. The summed E-state index contributed by atoms with van der Waals surface area (Å²) in [5.41, 5.74) is 0.614. The number of nitrogens with zero attached hydrogens (tertiary/aromatic N) is 1. The van der Waals surface area contributed by atoms with Crippen LogP contribution in [0, 0.1) is 5.82 Å². The van der Waals surface area contributed by atoms with Crippen LogP contribution < -0.4 is 4.74 Å². The number of rotatable bonds is 5. The van der Waals surface area contributed by atoms with Crippen molar-refractivity contribution in [2.24, 2.45) is 0 Å². The first-order valence-corrected chi connectivity index (χ1v) is 6.57. The Bertz CT molecular complexity index is 406. The fourth-order valence-electron chi connectivity index (χ4n) is 2.09. The molecule has 0 aliphatic carbocycles. The van der Waals surface area contributed by atoms with Gasteiger partial charge in [0.15, 0.2) is 0 Å². The number of ether oxygens (including phenoxy) is 2. The fourth-order valence-corrected chi connectivity index (χ4v) is 2.09. The summed E-state index contributed by atoms with van der Waals surface area (Å²) in [5.74, 6) is 0.0639. The first kappa shape index (κ1) is 14.2. The zero-order chi connectivity index (χ0) is 13.7. The summed E-state index contributed by atoms with van der Waals surface area (Å²) >= 11 is 0. The minimum absolute atomic E-state index is 0.356. The quantitative estimate of drug-likeness (QED) is 0.881. The maximum Gasteiger partial charge on any atom is 0.128 e. The van der Waals surface area contributed by atoms with Crippen molar-refractivity contribution in [1.29, 1.82) is 0 Å². The van der Waals surface area contributed by atoms with Gasteiger partial charge in [-0.1, -0.05) is 0 Å². The SMILES string of the molecule is C[C@H](O)c1ccc(F)cc1OCCN1CCOCC1. The summed E-state index contributed by atoms with van der Waals surface area (Å²) in [7, 11) is 0. The number of hydrogen-bond donors (Lipinski definition) is 1. The summed E-state index contributed by atoms with van der Waals surface area (Å²) in [4.78, 5) is 2.24. The van der Waals surface area contributed by atoms with Crippen molar-refractivity contribution in [3.8, 4) is 5.75 Å². The number of morpholine rings is 1. The van der Waals surface area contributed by atoms with Crippen LogP contribution in [-0.2, 0) is 4.74 Å². The van der Waals surface area contributed by atoms with Crippen LogP contribution in [0.1, 0.15) is 18.6 Å². The second-order valence-electron chi connectivity index (χ2n) is 4.66. The lowest BCUT2D eigenvalue weighted by atomic mass is 10.1. The molecule has 1 atom stereocenters. The molecule has 2 rings (SSSR count). The van der Waals surface area contributed by atoms with Crippen LogP contribution in [0.25, 0.3) is 0 Å². The van der Waals surface area contributed by atoms with Gasteiger partial charge in [-0.05, 0) is 19.1 Å². The van der Waals surface area contributed by atoms with Gasteiger partial charge < -0.3 is 14.6 Å². The van der Waals surface area contributed by atoms with Crippen molar-refractivity contribution in [3.63, 3.8) is 0 Å². The van der Waals surface area contributed by atoms with E-state index in [9.17, 15) is 9.50 Å². The number of aliphatic hydroxyl groups is 1. The Hall–Kier alpha value is -1.17. The number of aliphatic hydroxyl groups excluding tert-OH is 1. The molecule has 5 heteroatoms. The van der Waals surface area contributed by atoms with E-state index in [1.54, 1.807) is 13.0 Å². The topological polar surface area (TPSA) is 41.9 Å². The van der Waals surface area contributed by atoms with Crippen molar-refractivity contribution >= 4 is 0 Å². The third-order valence-corrected chi connectivity index (χ3v) is 3.19. The van der Waals surface area contributed by atoms with E-state index in [2.05, 4.69) is 4.90 Å². The molecule has 0 amide bonds. The Kier molecular flexibility index (Phi) is 5.13. The third-order valence-electron chi connectivity index (χ3n) is 3.19. The molecule has 0 saturated carbocycles. The van der Waals surface area contributed by atoms with Crippen LogP contribution in [0.15, 0.2) is 18.2 Å². The number of halogens is 1. The monoisotopic (exact) mass is 269 g/mol. The predicted octanol–water partition coefficient (Wildman–Crippen LogP) is 1.59. The lowest BCUT2D eigenvalue weighted by molar-refractivity contribution is 0.0320. The number of hydrogen-bond acceptors (Lipinski definition) is 4. The molecule has 4 nitrogen and oxygen atoms in total. The highest BCUT2D eigenvalue weighted by molar-refractivity contribution is 5.35. The highest BCUT2D eigenvalue weighted by atomic mass is 19.1. The summed E-state index contributed by atoms with van der Waals surface area (Å²) in [5, 5.41) is 9.61. The Morgan fingerprint density at radius 2 is 2.16 bits per heavy atom. The molecule has 0 spiro atoms. The number of benzene rings is 1. The molecular weight excluding hydrogens is 249 g/mol. The van der Waals surface area contributed by atoms with Crippen LogP contribution in [0.4, 0.5) is 4.39 Å². The average molecular weight is 269 g/mol. The highest BCUT2D eigenvalue weighted by Crippen LogP contribution is 2.25. The van der Waals surface area contributed by atoms with Gasteiger partial charge in [-0.3, -0.25) is 4.90 Å². The lowest BCUT2D eigenvalue weighted by Crippen LogP contribution is -2.38. The molecule has 106 valence electrons. The van der Waals surface area contributed by atoms with Crippen LogP contribution >= 0.6 is 0 Å². The van der Waals surface area contributed by atoms with E-state index in [-0.39, 0.29) is 5.82 Å². The van der Waals surface area contributed by atoms with Crippen molar-refractivity contribution in [2.75, 3.05) is 39.5 Å². The zero-order valence-electron chi connectivity index (χ0n) is 11.1. The first-order valence-electron chi connectivity index (χ1n) is 6.57. The molecule has 1 fully saturated rings. The maximum absolute atomic E-state index is 13.2. The summed E-state index contributed by atoms with van der Waals surface area (Å²) in [6.07, 6.45) is -0.668. The molecule has 1 aliphatic rings.